The number of amidine groups is 1. The number of thioether (sulfide) groups is 1. The Bertz CT molecular complexity index is 540. The van der Waals surface area contributed by atoms with Gasteiger partial charge in [-0.3, -0.25) is 5.32 Å². The third kappa shape index (κ3) is 4.72. The Morgan fingerprint density at radius 1 is 1.63 bits per heavy atom. The highest BCUT2D eigenvalue weighted by atomic mass is 127. The molecule has 0 fully saturated rings. The van der Waals surface area contributed by atoms with Crippen molar-refractivity contribution in [2.75, 3.05) is 12.9 Å². The first-order valence-electron chi connectivity index (χ1n) is 5.36. The van der Waals surface area contributed by atoms with Crippen LogP contribution in [0, 0.1) is 15.0 Å². The van der Waals surface area contributed by atoms with Crippen LogP contribution in [0.3, 0.4) is 0 Å². The predicted molar refractivity (Wildman–Crippen MR) is 84.5 cm³/mol. The summed E-state index contributed by atoms with van der Waals surface area (Å²) in [6.45, 7) is 2.05. The van der Waals surface area contributed by atoms with Gasteiger partial charge in [-0.15, -0.1) is 0 Å². The quantitative estimate of drug-likeness (QED) is 0.215. The van der Waals surface area contributed by atoms with E-state index in [1.165, 1.54) is 11.8 Å². The summed E-state index contributed by atoms with van der Waals surface area (Å²) >= 11 is 3.40. The molecule has 1 aromatic carbocycles. The molecule has 1 aromatic rings. The second-order valence-electron chi connectivity index (χ2n) is 3.24. The zero-order valence-corrected chi connectivity index (χ0v) is 13.4. The minimum atomic E-state index is -0.419. The van der Waals surface area contributed by atoms with Crippen LogP contribution in [0.4, 0.5) is 5.69 Å². The number of benzene rings is 1. The predicted octanol–water partition coefficient (Wildman–Crippen LogP) is 2.89. The highest BCUT2D eigenvalue weighted by molar-refractivity contribution is 14.1. The highest BCUT2D eigenvalue weighted by Crippen LogP contribution is 2.23. The number of halogens is 1. The van der Waals surface area contributed by atoms with Gasteiger partial charge in [-0.25, -0.2) is 9.79 Å². The number of nitriles is 1. The van der Waals surface area contributed by atoms with Crippen LogP contribution in [-0.4, -0.2) is 24.0 Å². The van der Waals surface area contributed by atoms with Crippen LogP contribution in [0.1, 0.15) is 17.3 Å². The van der Waals surface area contributed by atoms with Crippen molar-refractivity contribution >= 4 is 51.2 Å². The fraction of sp³-hybridized carbons (Fsp3) is 0.250. The summed E-state index contributed by atoms with van der Waals surface area (Å²) < 4.78 is 5.91. The molecule has 0 spiro atoms. The van der Waals surface area contributed by atoms with E-state index in [4.69, 9.17) is 10.00 Å². The maximum absolute atomic E-state index is 11.9. The van der Waals surface area contributed by atoms with Crippen molar-refractivity contribution in [1.82, 2.24) is 5.32 Å². The number of carbonyl (C=O) groups excluding carboxylic acids is 1. The molecule has 0 heterocycles. The number of aliphatic imine (C=N–C) groups is 1. The second kappa shape index (κ2) is 8.01. The zero-order valence-electron chi connectivity index (χ0n) is 10.4. The molecule has 0 bridgehead atoms. The smallest absolute Gasteiger partial charge is 0.340 e. The first kappa shape index (κ1) is 15.8. The summed E-state index contributed by atoms with van der Waals surface area (Å²) in [4.78, 5) is 16.1. The van der Waals surface area contributed by atoms with Gasteiger partial charge in [0.15, 0.2) is 11.4 Å². The number of rotatable bonds is 3. The molecule has 1 N–H and O–H groups in total. The van der Waals surface area contributed by atoms with Gasteiger partial charge in [-0.2, -0.15) is 5.26 Å². The van der Waals surface area contributed by atoms with Gasteiger partial charge in [0, 0.05) is 3.57 Å². The fourth-order valence-electron chi connectivity index (χ4n) is 1.26. The summed E-state index contributed by atoms with van der Waals surface area (Å²) in [5.74, 6) is -0.419. The normalized spacial score (nSPS) is 10.7. The van der Waals surface area contributed by atoms with Crippen LogP contribution in [0.5, 0.6) is 0 Å². The molecule has 100 valence electrons. The van der Waals surface area contributed by atoms with Crippen LogP contribution in [0.15, 0.2) is 23.2 Å². The van der Waals surface area contributed by atoms with Crippen molar-refractivity contribution in [3.8, 4) is 6.19 Å². The van der Waals surface area contributed by atoms with Gasteiger partial charge < -0.3 is 4.74 Å². The molecule has 0 saturated heterocycles. The first-order chi connectivity index (χ1) is 9.12. The Balaban J connectivity index is 3.20. The third-order valence-corrected chi connectivity index (χ3v) is 3.28. The van der Waals surface area contributed by atoms with Gasteiger partial charge in [0.2, 0.25) is 0 Å². The van der Waals surface area contributed by atoms with Crippen LogP contribution in [-0.2, 0) is 4.74 Å². The molecule has 0 radical (unpaired) electrons. The van der Waals surface area contributed by atoms with Gasteiger partial charge in [0.1, 0.15) is 0 Å². The summed E-state index contributed by atoms with van der Waals surface area (Å²) in [6, 6.07) is 5.28. The number of hydrogen-bond donors (Lipinski definition) is 1. The van der Waals surface area contributed by atoms with E-state index >= 15 is 0 Å². The van der Waals surface area contributed by atoms with Crippen molar-refractivity contribution in [1.29, 1.82) is 5.26 Å². The van der Waals surface area contributed by atoms with Crippen molar-refractivity contribution in [2.45, 2.75) is 6.92 Å². The second-order valence-corrected chi connectivity index (χ2v) is 5.28. The number of hydrogen-bond acceptors (Lipinski definition) is 5. The van der Waals surface area contributed by atoms with Crippen LogP contribution < -0.4 is 5.32 Å². The SMILES string of the molecule is CCOC(=O)c1cc(I)ccc1N=C(NC#N)SC. The molecule has 0 saturated carbocycles. The summed E-state index contributed by atoms with van der Waals surface area (Å²) in [5, 5.41) is 11.5. The first-order valence-corrected chi connectivity index (χ1v) is 7.67. The van der Waals surface area contributed by atoms with E-state index in [9.17, 15) is 4.79 Å². The topological polar surface area (TPSA) is 74.5 Å². The van der Waals surface area contributed by atoms with E-state index in [-0.39, 0.29) is 0 Å². The molecule has 0 amide bonds. The summed E-state index contributed by atoms with van der Waals surface area (Å²) in [6.07, 6.45) is 3.60. The molecule has 0 aromatic heterocycles. The van der Waals surface area contributed by atoms with Gasteiger partial charge in [-0.05, 0) is 54.0 Å². The Hall–Kier alpha value is -1.27. The van der Waals surface area contributed by atoms with E-state index in [1.54, 1.807) is 31.5 Å². The molecule has 0 unspecified atom stereocenters. The minimum absolute atomic E-state index is 0.305. The monoisotopic (exact) mass is 389 g/mol. The van der Waals surface area contributed by atoms with Crippen LogP contribution in [0.2, 0.25) is 0 Å². The number of carbonyl (C=O) groups is 1. The maximum Gasteiger partial charge on any atom is 0.340 e. The van der Waals surface area contributed by atoms with Gasteiger partial charge in [-0.1, -0.05) is 11.8 Å². The molecule has 0 aliphatic rings. The maximum atomic E-state index is 11.9. The largest absolute Gasteiger partial charge is 0.462 e. The third-order valence-electron chi connectivity index (χ3n) is 2.03. The Kier molecular flexibility index (Phi) is 6.66. The zero-order chi connectivity index (χ0) is 14.3. The Morgan fingerprint density at radius 2 is 2.37 bits per heavy atom. The molecular weight excluding hydrogens is 377 g/mol. The van der Waals surface area contributed by atoms with E-state index < -0.39 is 5.97 Å². The van der Waals surface area contributed by atoms with Crippen molar-refractivity contribution in [2.24, 2.45) is 4.99 Å². The van der Waals surface area contributed by atoms with Crippen LogP contribution in [0.25, 0.3) is 0 Å². The number of ether oxygens (including phenoxy) is 1. The van der Waals surface area contributed by atoms with Crippen molar-refractivity contribution in [3.05, 3.63) is 27.3 Å². The summed E-state index contributed by atoms with van der Waals surface area (Å²) in [7, 11) is 0. The van der Waals surface area contributed by atoms with Crippen LogP contribution >= 0.6 is 34.4 Å². The average molecular weight is 389 g/mol. The summed E-state index contributed by atoms with van der Waals surface area (Å²) in [5.41, 5.74) is 0.867. The lowest BCUT2D eigenvalue weighted by atomic mass is 10.2. The lowest BCUT2D eigenvalue weighted by Crippen LogP contribution is -2.13. The lowest BCUT2D eigenvalue weighted by Gasteiger charge is -2.07. The Labute approximate surface area is 129 Å². The Morgan fingerprint density at radius 3 is 2.95 bits per heavy atom. The van der Waals surface area contributed by atoms with Gasteiger partial charge in [0.25, 0.3) is 0 Å². The van der Waals surface area contributed by atoms with Crippen molar-refractivity contribution in [3.63, 3.8) is 0 Å². The molecule has 1 rings (SSSR count). The molecule has 0 aliphatic carbocycles. The highest BCUT2D eigenvalue weighted by Gasteiger charge is 2.13. The number of nitrogens with one attached hydrogen (secondary N) is 1. The average Bonchev–Trinajstić information content (AvgIpc) is 2.40. The molecule has 5 nitrogen and oxygen atoms in total. The standard InChI is InChI=1S/C12H12IN3O2S/c1-3-18-11(17)9-6-8(13)4-5-10(9)16-12(19-2)15-7-14/h4-6H,3H2,1-2H3,(H,15,16). The minimum Gasteiger partial charge on any atom is -0.462 e. The lowest BCUT2D eigenvalue weighted by molar-refractivity contribution is 0.0527. The fourth-order valence-corrected chi connectivity index (χ4v) is 2.09. The molecule has 0 atom stereocenters. The van der Waals surface area contributed by atoms with Gasteiger partial charge in [0.05, 0.1) is 17.9 Å². The molecular formula is C12H12IN3O2S. The molecule has 7 heteroatoms. The number of esters is 1. The van der Waals surface area contributed by atoms with Crippen molar-refractivity contribution < 1.29 is 9.53 Å². The van der Waals surface area contributed by atoms with E-state index in [2.05, 4.69) is 32.9 Å². The van der Waals surface area contributed by atoms with E-state index in [0.717, 1.165) is 3.57 Å². The number of nitrogens with zero attached hydrogens (tertiary/aromatic N) is 2. The molecule has 19 heavy (non-hydrogen) atoms. The van der Waals surface area contributed by atoms with E-state index in [1.807, 2.05) is 6.07 Å². The molecule has 0 aliphatic heterocycles. The van der Waals surface area contributed by atoms with Gasteiger partial charge >= 0.3 is 5.97 Å². The van der Waals surface area contributed by atoms with E-state index in [0.29, 0.717) is 23.0 Å².